The van der Waals surface area contributed by atoms with Gasteiger partial charge in [-0.05, 0) is 24.3 Å². The van der Waals surface area contributed by atoms with Crippen molar-refractivity contribution in [3.8, 4) is 0 Å². The molecule has 0 radical (unpaired) electrons. The number of aromatic carboxylic acids is 1. The molecule has 0 saturated carbocycles. The number of rotatable bonds is 5. The van der Waals surface area contributed by atoms with Crippen LogP contribution in [0.15, 0.2) is 29.6 Å². The van der Waals surface area contributed by atoms with Crippen molar-refractivity contribution >= 4 is 56.2 Å². The van der Waals surface area contributed by atoms with Gasteiger partial charge in [0.1, 0.15) is 0 Å². The first-order valence-electron chi connectivity index (χ1n) is 6.05. The number of amides is 1. The molecule has 0 aliphatic heterocycles. The molecule has 3 N–H and O–H groups in total. The van der Waals surface area contributed by atoms with Gasteiger partial charge in [-0.3, -0.25) is 9.52 Å². The number of nitrogens with one attached hydrogen (secondary N) is 2. The van der Waals surface area contributed by atoms with E-state index in [1.807, 2.05) is 0 Å². The molecule has 2 rings (SSSR count). The number of carbonyl (C=O) groups excluding carboxylic acids is 1. The molecule has 1 amide bonds. The summed E-state index contributed by atoms with van der Waals surface area (Å²) in [6.07, 6.45) is 0.991. The average molecular weight is 375 g/mol. The fourth-order valence-corrected chi connectivity index (χ4v) is 3.25. The smallest absolute Gasteiger partial charge is 0.336 e. The summed E-state index contributed by atoms with van der Waals surface area (Å²) in [5.41, 5.74) is 0.498. The molecule has 122 valence electrons. The zero-order valence-corrected chi connectivity index (χ0v) is 14.1. The fraction of sp³-hybridized carbons (Fsp3) is 0.0769. The first-order chi connectivity index (χ1) is 10.6. The van der Waals surface area contributed by atoms with Gasteiger partial charge in [-0.2, -0.15) is 0 Å². The van der Waals surface area contributed by atoms with Crippen molar-refractivity contribution in [3.63, 3.8) is 0 Å². The average Bonchev–Trinajstić information content (AvgIpc) is 2.85. The molecule has 0 fully saturated rings. The molecule has 23 heavy (non-hydrogen) atoms. The van der Waals surface area contributed by atoms with E-state index < -0.39 is 21.9 Å². The monoisotopic (exact) mass is 374 g/mol. The first kappa shape index (κ1) is 17.3. The lowest BCUT2D eigenvalue weighted by atomic mass is 10.2. The van der Waals surface area contributed by atoms with E-state index in [1.165, 1.54) is 29.6 Å². The number of sulfonamides is 1. The lowest BCUT2D eigenvalue weighted by Crippen LogP contribution is -2.12. The van der Waals surface area contributed by atoms with Crippen molar-refractivity contribution in [3.05, 3.63) is 45.1 Å². The van der Waals surface area contributed by atoms with E-state index in [2.05, 4.69) is 10.0 Å². The van der Waals surface area contributed by atoms with Crippen molar-refractivity contribution in [2.45, 2.75) is 0 Å². The van der Waals surface area contributed by atoms with Crippen molar-refractivity contribution < 1.29 is 23.1 Å². The van der Waals surface area contributed by atoms with E-state index in [4.69, 9.17) is 16.7 Å². The third-order valence-electron chi connectivity index (χ3n) is 2.53. The van der Waals surface area contributed by atoms with Crippen molar-refractivity contribution in [2.75, 3.05) is 16.3 Å². The Morgan fingerprint density at radius 2 is 1.83 bits per heavy atom. The number of halogens is 1. The van der Waals surface area contributed by atoms with Crippen molar-refractivity contribution in [1.29, 1.82) is 0 Å². The SMILES string of the molecule is CS(=O)(=O)Nc1cc(Cl)cc(NC(=O)c2cc(C(=O)O)cs2)c1. The standard InChI is InChI=1S/C13H11ClN2O5S2/c1-23(20,21)16-10-4-8(14)3-9(5-10)15-12(17)11-2-7(6-22-11)13(18)19/h2-6,16H,1H3,(H,15,17)(H,18,19). The van der Waals surface area contributed by atoms with E-state index in [9.17, 15) is 18.0 Å². The lowest BCUT2D eigenvalue weighted by molar-refractivity contribution is 0.0697. The molecule has 2 aromatic rings. The Bertz CT molecular complexity index is 876. The minimum absolute atomic E-state index is 0.0191. The summed E-state index contributed by atoms with van der Waals surface area (Å²) in [5.74, 6) is -1.64. The Hall–Kier alpha value is -2.10. The first-order valence-corrected chi connectivity index (χ1v) is 9.20. The highest BCUT2D eigenvalue weighted by molar-refractivity contribution is 7.92. The van der Waals surface area contributed by atoms with Crippen LogP contribution in [0.2, 0.25) is 5.02 Å². The molecule has 0 bridgehead atoms. The highest BCUT2D eigenvalue weighted by atomic mass is 35.5. The number of hydrogen-bond acceptors (Lipinski definition) is 5. The second kappa shape index (κ2) is 6.57. The van der Waals surface area contributed by atoms with E-state index in [1.54, 1.807) is 0 Å². The third kappa shape index (κ3) is 4.95. The Kier molecular flexibility index (Phi) is 4.93. The topological polar surface area (TPSA) is 113 Å². The summed E-state index contributed by atoms with van der Waals surface area (Å²) in [5, 5.41) is 13.0. The Morgan fingerprint density at radius 1 is 1.17 bits per heavy atom. The molecule has 0 atom stereocenters. The number of hydrogen-bond donors (Lipinski definition) is 3. The maximum Gasteiger partial charge on any atom is 0.336 e. The molecular weight excluding hydrogens is 364 g/mol. The van der Waals surface area contributed by atoms with E-state index in [0.29, 0.717) is 0 Å². The maximum atomic E-state index is 12.1. The molecule has 0 spiro atoms. The van der Waals surface area contributed by atoms with Crippen LogP contribution in [0.5, 0.6) is 0 Å². The van der Waals surface area contributed by atoms with Gasteiger partial charge in [-0.25, -0.2) is 13.2 Å². The minimum Gasteiger partial charge on any atom is -0.478 e. The van der Waals surface area contributed by atoms with Crippen LogP contribution in [0.1, 0.15) is 20.0 Å². The molecule has 10 heteroatoms. The van der Waals surface area contributed by atoms with Crippen LogP contribution >= 0.6 is 22.9 Å². The molecule has 1 aromatic carbocycles. The van der Waals surface area contributed by atoms with Crippen LogP contribution in [0, 0.1) is 0 Å². The van der Waals surface area contributed by atoms with Crippen LogP contribution in [-0.2, 0) is 10.0 Å². The molecule has 7 nitrogen and oxygen atoms in total. The summed E-state index contributed by atoms with van der Waals surface area (Å²) >= 11 is 6.88. The van der Waals surface area contributed by atoms with Crippen LogP contribution in [0.25, 0.3) is 0 Å². The molecule has 1 heterocycles. The second-order valence-electron chi connectivity index (χ2n) is 4.56. The third-order valence-corrected chi connectivity index (χ3v) is 4.28. The van der Waals surface area contributed by atoms with Crippen LogP contribution in [0.4, 0.5) is 11.4 Å². The summed E-state index contributed by atoms with van der Waals surface area (Å²) in [7, 11) is -3.48. The van der Waals surface area contributed by atoms with Crippen LogP contribution in [-0.4, -0.2) is 31.7 Å². The summed E-state index contributed by atoms with van der Waals surface area (Å²) in [6.45, 7) is 0. The Labute approximate surface area is 141 Å². The highest BCUT2D eigenvalue weighted by Gasteiger charge is 2.14. The highest BCUT2D eigenvalue weighted by Crippen LogP contribution is 2.24. The largest absolute Gasteiger partial charge is 0.478 e. The predicted octanol–water partition coefficient (Wildman–Crippen LogP) is 2.72. The van der Waals surface area contributed by atoms with Crippen molar-refractivity contribution in [1.82, 2.24) is 0 Å². The number of anilines is 2. The van der Waals surface area contributed by atoms with Gasteiger partial charge < -0.3 is 10.4 Å². The molecule has 1 aromatic heterocycles. The summed E-state index contributed by atoms with van der Waals surface area (Å²) < 4.78 is 24.7. The fourth-order valence-electron chi connectivity index (χ4n) is 1.69. The van der Waals surface area contributed by atoms with Crippen molar-refractivity contribution in [2.24, 2.45) is 0 Å². The molecule has 0 aliphatic rings. The van der Waals surface area contributed by atoms with Gasteiger partial charge in [-0.15, -0.1) is 11.3 Å². The van der Waals surface area contributed by atoms with Gasteiger partial charge in [-0.1, -0.05) is 11.6 Å². The Balaban J connectivity index is 2.21. The number of thiophene rings is 1. The zero-order valence-electron chi connectivity index (χ0n) is 11.7. The lowest BCUT2D eigenvalue weighted by Gasteiger charge is -2.09. The molecule has 0 aliphatic carbocycles. The number of carbonyl (C=O) groups is 2. The van der Waals surface area contributed by atoms with Gasteiger partial charge in [0.05, 0.1) is 22.4 Å². The van der Waals surface area contributed by atoms with Crippen LogP contribution < -0.4 is 10.0 Å². The predicted molar refractivity (Wildman–Crippen MR) is 89.2 cm³/mol. The summed E-state index contributed by atoms with van der Waals surface area (Å²) in [4.78, 5) is 23.1. The maximum absolute atomic E-state index is 12.1. The van der Waals surface area contributed by atoms with E-state index in [0.717, 1.165) is 17.6 Å². The Morgan fingerprint density at radius 3 is 2.39 bits per heavy atom. The zero-order chi connectivity index (χ0) is 17.2. The van der Waals surface area contributed by atoms with Gasteiger partial charge in [0.2, 0.25) is 10.0 Å². The molecule has 0 unspecified atom stereocenters. The summed E-state index contributed by atoms with van der Waals surface area (Å²) in [6, 6.07) is 5.49. The van der Waals surface area contributed by atoms with Gasteiger partial charge >= 0.3 is 5.97 Å². The minimum atomic E-state index is -3.48. The quantitative estimate of drug-likeness (QED) is 0.744. The van der Waals surface area contributed by atoms with E-state index in [-0.39, 0.29) is 26.8 Å². The molecule has 0 saturated heterocycles. The normalized spacial score (nSPS) is 11.0. The number of carboxylic acids is 1. The number of benzene rings is 1. The molecular formula is C13H11ClN2O5S2. The van der Waals surface area contributed by atoms with Gasteiger partial charge in [0, 0.05) is 16.1 Å². The second-order valence-corrected chi connectivity index (χ2v) is 7.66. The van der Waals surface area contributed by atoms with E-state index >= 15 is 0 Å². The van der Waals surface area contributed by atoms with Gasteiger partial charge in [0.15, 0.2) is 0 Å². The number of carboxylic acid groups (broad SMARTS) is 1. The van der Waals surface area contributed by atoms with Gasteiger partial charge in [0.25, 0.3) is 5.91 Å². The van der Waals surface area contributed by atoms with Crippen LogP contribution in [0.3, 0.4) is 0 Å².